The van der Waals surface area contributed by atoms with Crippen molar-refractivity contribution in [1.82, 2.24) is 0 Å². The molecule has 1 amide bonds. The summed E-state index contributed by atoms with van der Waals surface area (Å²) in [4.78, 5) is 24.8. The molecule has 88 valence electrons. The first-order chi connectivity index (χ1) is 8.15. The molecule has 6 heteroatoms. The van der Waals surface area contributed by atoms with E-state index in [0.717, 1.165) is 0 Å². The van der Waals surface area contributed by atoms with Gasteiger partial charge in [0.1, 0.15) is 0 Å². The molecule has 0 aromatic heterocycles. The van der Waals surface area contributed by atoms with Crippen molar-refractivity contribution in [3.05, 3.63) is 29.8 Å². The lowest BCUT2D eigenvalue weighted by atomic mass is 10.1. The molecule has 0 N–H and O–H groups in total. The number of hydrogen-bond acceptors (Lipinski definition) is 5. The van der Waals surface area contributed by atoms with Crippen molar-refractivity contribution >= 4 is 45.7 Å². The molecule has 0 unspecified atom stereocenters. The average molecular weight is 267 g/mol. The van der Waals surface area contributed by atoms with E-state index in [1.54, 1.807) is 24.3 Å². The van der Waals surface area contributed by atoms with Gasteiger partial charge in [0, 0.05) is 0 Å². The molecule has 1 aliphatic rings. The maximum atomic E-state index is 11.7. The van der Waals surface area contributed by atoms with E-state index in [-0.39, 0.29) is 5.88 Å². The lowest BCUT2D eigenvalue weighted by Crippen LogP contribution is -2.29. The summed E-state index contributed by atoms with van der Waals surface area (Å²) in [6, 6.07) is 6.92. The number of benzene rings is 1. The van der Waals surface area contributed by atoms with E-state index < -0.39 is 11.7 Å². The maximum Gasteiger partial charge on any atom is 0.300 e. The van der Waals surface area contributed by atoms with Gasteiger partial charge < -0.3 is 4.74 Å². The summed E-state index contributed by atoms with van der Waals surface area (Å²) in [6.07, 6.45) is 0. The Morgan fingerprint density at radius 3 is 2.82 bits per heavy atom. The van der Waals surface area contributed by atoms with Crippen molar-refractivity contribution < 1.29 is 14.3 Å². The van der Waals surface area contributed by atoms with Gasteiger partial charge in [-0.2, -0.15) is 0 Å². The summed E-state index contributed by atoms with van der Waals surface area (Å²) in [5.41, 5.74) is 1.08. The first kappa shape index (κ1) is 12.1. The Labute approximate surface area is 108 Å². The normalized spacial score (nSPS) is 13.8. The van der Waals surface area contributed by atoms with Crippen LogP contribution >= 0.6 is 24.0 Å². The van der Waals surface area contributed by atoms with Gasteiger partial charge in [-0.1, -0.05) is 23.9 Å². The first-order valence-corrected chi connectivity index (χ1v) is 6.20. The van der Waals surface area contributed by atoms with Gasteiger partial charge in [0.2, 0.25) is 4.38 Å². The van der Waals surface area contributed by atoms with Crippen LogP contribution in [0.5, 0.6) is 0 Å². The fraction of sp³-hybridized carbons (Fsp3) is 0.182. The Morgan fingerprint density at radius 1 is 1.41 bits per heavy atom. The summed E-state index contributed by atoms with van der Waals surface area (Å²) >= 11 is 6.08. The number of fused-ring (bicyclic) bond motifs is 1. The van der Waals surface area contributed by atoms with E-state index in [9.17, 15) is 9.59 Å². The number of amides is 1. The van der Waals surface area contributed by atoms with Gasteiger partial charge in [-0.15, -0.1) is 0 Å². The second kappa shape index (κ2) is 4.85. The second-order valence-corrected chi connectivity index (χ2v) is 4.85. The van der Waals surface area contributed by atoms with Crippen LogP contribution in [0.15, 0.2) is 24.3 Å². The summed E-state index contributed by atoms with van der Waals surface area (Å²) in [7, 11) is 1.47. The SMILES string of the molecule is COC(=S)SCN1C(=O)C(=O)c2ccccc21. The van der Waals surface area contributed by atoms with E-state index in [0.29, 0.717) is 15.6 Å². The lowest BCUT2D eigenvalue weighted by Gasteiger charge is -2.15. The molecule has 0 bridgehead atoms. The molecule has 0 atom stereocenters. The second-order valence-electron chi connectivity index (χ2n) is 3.31. The van der Waals surface area contributed by atoms with Crippen LogP contribution in [-0.4, -0.2) is 29.1 Å². The predicted octanol–water partition coefficient (Wildman–Crippen LogP) is 1.84. The zero-order valence-corrected chi connectivity index (χ0v) is 10.6. The minimum Gasteiger partial charge on any atom is -0.482 e. The van der Waals surface area contributed by atoms with E-state index in [1.807, 2.05) is 0 Å². The molecule has 1 aromatic rings. The molecular weight excluding hydrogens is 258 g/mol. The van der Waals surface area contributed by atoms with Crippen LogP contribution in [-0.2, 0) is 9.53 Å². The quantitative estimate of drug-likeness (QED) is 0.604. The van der Waals surface area contributed by atoms with E-state index in [4.69, 9.17) is 17.0 Å². The largest absolute Gasteiger partial charge is 0.482 e. The van der Waals surface area contributed by atoms with Gasteiger partial charge in [0.25, 0.3) is 11.7 Å². The molecule has 0 aliphatic carbocycles. The number of para-hydroxylation sites is 1. The van der Waals surface area contributed by atoms with Crippen LogP contribution in [0, 0.1) is 0 Å². The summed E-state index contributed by atoms with van der Waals surface area (Å²) in [5.74, 6) is -0.698. The molecular formula is C11H9NO3S2. The minimum atomic E-state index is -0.516. The fourth-order valence-electron chi connectivity index (χ4n) is 1.55. The van der Waals surface area contributed by atoms with Gasteiger partial charge in [-0.25, -0.2) is 0 Å². The summed E-state index contributed by atoms with van der Waals surface area (Å²) < 4.78 is 5.17. The van der Waals surface area contributed by atoms with Gasteiger partial charge in [0.05, 0.1) is 24.2 Å². The highest BCUT2D eigenvalue weighted by molar-refractivity contribution is 8.22. The van der Waals surface area contributed by atoms with Gasteiger partial charge in [0.15, 0.2) is 0 Å². The molecule has 0 fully saturated rings. The fourth-order valence-corrected chi connectivity index (χ4v) is 2.32. The smallest absolute Gasteiger partial charge is 0.300 e. The molecule has 17 heavy (non-hydrogen) atoms. The standard InChI is InChI=1S/C11H9NO3S2/c1-15-11(16)17-6-12-8-5-3-2-4-7(8)9(13)10(12)14/h2-5H,6H2,1H3. The van der Waals surface area contributed by atoms with Gasteiger partial charge >= 0.3 is 0 Å². The summed E-state index contributed by atoms with van der Waals surface area (Å²) in [5, 5.41) is 0. The number of thioether (sulfide) groups is 1. The number of anilines is 1. The van der Waals surface area contributed by atoms with Crippen molar-refractivity contribution in [2.45, 2.75) is 0 Å². The number of rotatable bonds is 2. The number of carbonyl (C=O) groups is 2. The van der Waals surface area contributed by atoms with Gasteiger partial charge in [-0.3, -0.25) is 14.5 Å². The van der Waals surface area contributed by atoms with Crippen LogP contribution in [0.1, 0.15) is 10.4 Å². The molecule has 1 aliphatic heterocycles. The molecule has 4 nitrogen and oxygen atoms in total. The monoisotopic (exact) mass is 267 g/mol. The molecule has 1 heterocycles. The minimum absolute atomic E-state index is 0.286. The number of ketones is 1. The number of hydrogen-bond donors (Lipinski definition) is 0. The molecule has 0 saturated heterocycles. The summed E-state index contributed by atoms with van der Waals surface area (Å²) in [6.45, 7) is 0. The van der Waals surface area contributed by atoms with Crippen molar-refractivity contribution in [2.75, 3.05) is 17.9 Å². The number of nitrogens with zero attached hydrogens (tertiary/aromatic N) is 1. The number of carbonyl (C=O) groups excluding carboxylic acids is 2. The molecule has 0 saturated carbocycles. The van der Waals surface area contributed by atoms with E-state index in [1.165, 1.54) is 23.8 Å². The molecule has 0 radical (unpaired) electrons. The molecule has 2 rings (SSSR count). The van der Waals surface area contributed by atoms with E-state index in [2.05, 4.69) is 0 Å². The number of thiocarbonyl (C=S) groups is 1. The van der Waals surface area contributed by atoms with Crippen molar-refractivity contribution in [3.8, 4) is 0 Å². The van der Waals surface area contributed by atoms with Crippen molar-refractivity contribution in [1.29, 1.82) is 0 Å². The maximum absolute atomic E-state index is 11.7. The Bertz CT molecular complexity index is 501. The average Bonchev–Trinajstić information content (AvgIpc) is 2.60. The molecule has 0 spiro atoms. The van der Waals surface area contributed by atoms with Crippen molar-refractivity contribution in [2.24, 2.45) is 0 Å². The Balaban J connectivity index is 2.21. The Kier molecular flexibility index (Phi) is 3.44. The number of methoxy groups -OCH3 is 1. The highest BCUT2D eigenvalue weighted by Crippen LogP contribution is 2.29. The number of ether oxygens (including phenoxy) is 1. The van der Waals surface area contributed by atoms with Gasteiger partial charge in [-0.05, 0) is 24.4 Å². The predicted molar refractivity (Wildman–Crippen MR) is 70.3 cm³/mol. The van der Waals surface area contributed by atoms with Crippen LogP contribution < -0.4 is 4.90 Å². The van der Waals surface area contributed by atoms with Crippen LogP contribution in [0.25, 0.3) is 0 Å². The Hall–Kier alpha value is -1.40. The highest BCUT2D eigenvalue weighted by atomic mass is 32.2. The zero-order chi connectivity index (χ0) is 12.4. The van der Waals surface area contributed by atoms with Crippen molar-refractivity contribution in [3.63, 3.8) is 0 Å². The highest BCUT2D eigenvalue weighted by Gasteiger charge is 2.35. The third-order valence-electron chi connectivity index (χ3n) is 2.36. The van der Waals surface area contributed by atoms with E-state index >= 15 is 0 Å². The van der Waals surface area contributed by atoms with Crippen LogP contribution in [0.4, 0.5) is 5.69 Å². The third kappa shape index (κ3) is 2.18. The topological polar surface area (TPSA) is 46.6 Å². The number of Topliss-reactive ketones (excluding diaryl/α,β-unsaturated/α-hetero) is 1. The lowest BCUT2D eigenvalue weighted by molar-refractivity contribution is -0.114. The third-order valence-corrected chi connectivity index (χ3v) is 3.67. The zero-order valence-electron chi connectivity index (χ0n) is 9.00. The van der Waals surface area contributed by atoms with Crippen LogP contribution in [0.3, 0.4) is 0 Å². The van der Waals surface area contributed by atoms with Crippen LogP contribution in [0.2, 0.25) is 0 Å². The first-order valence-electron chi connectivity index (χ1n) is 4.81. The Morgan fingerprint density at radius 2 is 2.12 bits per heavy atom. The molecule has 1 aromatic carbocycles.